The second-order valence-electron chi connectivity index (χ2n) is 4.42. The highest BCUT2D eigenvalue weighted by Gasteiger charge is 2.39. The Balaban J connectivity index is 4.53. The van der Waals surface area contributed by atoms with Crippen molar-refractivity contribution in [1.82, 2.24) is 10.2 Å². The van der Waals surface area contributed by atoms with Crippen molar-refractivity contribution in [2.24, 2.45) is 5.73 Å². The third kappa shape index (κ3) is 7.77. The van der Waals surface area contributed by atoms with Crippen LogP contribution in [-0.4, -0.2) is 66.2 Å². The van der Waals surface area contributed by atoms with Crippen LogP contribution < -0.4 is 11.1 Å². The summed E-state index contributed by atoms with van der Waals surface area (Å²) >= 11 is 0. The summed E-state index contributed by atoms with van der Waals surface area (Å²) in [5.74, 6) is 0. The van der Waals surface area contributed by atoms with Crippen LogP contribution in [0.2, 0.25) is 6.04 Å². The van der Waals surface area contributed by atoms with Gasteiger partial charge in [-0.3, -0.25) is 0 Å². The van der Waals surface area contributed by atoms with Crippen molar-refractivity contribution in [3.8, 4) is 0 Å². The highest BCUT2D eigenvalue weighted by molar-refractivity contribution is 6.60. The third-order valence-electron chi connectivity index (χ3n) is 2.90. The van der Waals surface area contributed by atoms with Crippen LogP contribution in [0.5, 0.6) is 0 Å². The molecule has 0 bridgehead atoms. The quantitative estimate of drug-likeness (QED) is 0.524. The van der Waals surface area contributed by atoms with Gasteiger partial charge in [0, 0.05) is 52.5 Å². The zero-order valence-corrected chi connectivity index (χ0v) is 14.8. The monoisotopic (exact) mass is 321 g/mol. The lowest BCUT2D eigenvalue weighted by Crippen LogP contribution is -2.47. The van der Waals surface area contributed by atoms with Gasteiger partial charge in [0.25, 0.3) is 0 Å². The maximum absolute atomic E-state index is 11.7. The van der Waals surface area contributed by atoms with Gasteiger partial charge >= 0.3 is 14.8 Å². The van der Waals surface area contributed by atoms with Crippen LogP contribution in [-0.2, 0) is 13.3 Å². The first-order valence-electron chi connectivity index (χ1n) is 7.67. The lowest BCUT2D eigenvalue weighted by molar-refractivity contribution is 0.0701. The van der Waals surface area contributed by atoms with Gasteiger partial charge in [0.15, 0.2) is 0 Å². The molecule has 0 aliphatic carbocycles. The summed E-state index contributed by atoms with van der Waals surface area (Å²) < 4.78 is 17.4. The zero-order valence-electron chi connectivity index (χ0n) is 13.8. The standard InChI is InChI=1S/C13H31N3O4Si/c1-5-18-21(19-6-2,20-7-3)12-8-10-16(11-9-14)13(17)15-4/h5-12,14H2,1-4H3,(H,15,17). The van der Waals surface area contributed by atoms with E-state index in [1.807, 2.05) is 20.8 Å². The average molecular weight is 321 g/mol. The minimum Gasteiger partial charge on any atom is -0.374 e. The molecule has 0 rings (SSSR count). The Morgan fingerprint density at radius 2 is 1.62 bits per heavy atom. The van der Waals surface area contributed by atoms with Crippen molar-refractivity contribution in [2.45, 2.75) is 33.2 Å². The van der Waals surface area contributed by atoms with Crippen molar-refractivity contribution in [3.63, 3.8) is 0 Å². The molecule has 0 aromatic carbocycles. The van der Waals surface area contributed by atoms with E-state index in [9.17, 15) is 4.79 Å². The summed E-state index contributed by atoms with van der Waals surface area (Å²) in [5, 5.41) is 2.62. The van der Waals surface area contributed by atoms with E-state index in [0.29, 0.717) is 45.5 Å². The molecule has 21 heavy (non-hydrogen) atoms. The molecule has 3 N–H and O–H groups in total. The summed E-state index contributed by atoms with van der Waals surface area (Å²) in [4.78, 5) is 13.4. The van der Waals surface area contributed by atoms with Gasteiger partial charge in [-0.05, 0) is 27.2 Å². The Morgan fingerprint density at radius 1 is 1.10 bits per heavy atom. The Bertz CT molecular complexity index is 265. The van der Waals surface area contributed by atoms with Crippen LogP contribution in [0.3, 0.4) is 0 Å². The van der Waals surface area contributed by atoms with E-state index in [1.165, 1.54) is 0 Å². The predicted molar refractivity (Wildman–Crippen MR) is 85.1 cm³/mol. The van der Waals surface area contributed by atoms with Gasteiger partial charge in [-0.2, -0.15) is 0 Å². The maximum atomic E-state index is 11.7. The lowest BCUT2D eigenvalue weighted by Gasteiger charge is -2.29. The molecule has 0 spiro atoms. The molecule has 0 fully saturated rings. The molecule has 0 radical (unpaired) electrons. The third-order valence-corrected chi connectivity index (χ3v) is 6.06. The number of nitrogens with zero attached hydrogens (tertiary/aromatic N) is 1. The van der Waals surface area contributed by atoms with E-state index in [2.05, 4.69) is 5.32 Å². The van der Waals surface area contributed by atoms with E-state index in [4.69, 9.17) is 19.0 Å². The van der Waals surface area contributed by atoms with Crippen LogP contribution in [0.1, 0.15) is 27.2 Å². The molecule has 0 aliphatic heterocycles. The number of hydrogen-bond acceptors (Lipinski definition) is 5. The molecule has 0 unspecified atom stereocenters. The molecular weight excluding hydrogens is 290 g/mol. The molecule has 2 amide bonds. The van der Waals surface area contributed by atoms with Gasteiger partial charge in [-0.15, -0.1) is 0 Å². The van der Waals surface area contributed by atoms with Gasteiger partial charge in [0.1, 0.15) is 0 Å². The largest absolute Gasteiger partial charge is 0.500 e. The topological polar surface area (TPSA) is 86.1 Å². The van der Waals surface area contributed by atoms with Gasteiger partial charge in [0.05, 0.1) is 0 Å². The Kier molecular flexibility index (Phi) is 11.5. The number of hydrogen-bond donors (Lipinski definition) is 2. The highest BCUT2D eigenvalue weighted by Crippen LogP contribution is 2.18. The summed E-state index contributed by atoms with van der Waals surface area (Å²) in [6.45, 7) is 9.08. The Morgan fingerprint density at radius 3 is 2.00 bits per heavy atom. The molecule has 0 saturated carbocycles. The van der Waals surface area contributed by atoms with Gasteiger partial charge in [0.2, 0.25) is 0 Å². The van der Waals surface area contributed by atoms with Crippen molar-refractivity contribution < 1.29 is 18.1 Å². The summed E-state index contributed by atoms with van der Waals surface area (Å²) in [6, 6.07) is 0.581. The van der Waals surface area contributed by atoms with Crippen molar-refractivity contribution >= 4 is 14.8 Å². The summed E-state index contributed by atoms with van der Waals surface area (Å²) in [6.07, 6.45) is 0.764. The van der Waals surface area contributed by atoms with Crippen LogP contribution >= 0.6 is 0 Å². The Hall–Kier alpha value is -0.673. The van der Waals surface area contributed by atoms with Crippen molar-refractivity contribution in [3.05, 3.63) is 0 Å². The van der Waals surface area contributed by atoms with Crippen LogP contribution in [0, 0.1) is 0 Å². The van der Waals surface area contributed by atoms with E-state index >= 15 is 0 Å². The molecule has 7 nitrogen and oxygen atoms in total. The molecule has 0 atom stereocenters. The molecule has 0 aromatic heterocycles. The Labute approximate surface area is 129 Å². The predicted octanol–water partition coefficient (Wildman–Crippen LogP) is 1.03. The zero-order chi connectivity index (χ0) is 16.1. The molecule has 0 aromatic rings. The maximum Gasteiger partial charge on any atom is 0.500 e. The molecule has 0 aliphatic rings. The number of urea groups is 1. The van der Waals surface area contributed by atoms with Crippen LogP contribution in [0.4, 0.5) is 4.79 Å². The molecule has 0 saturated heterocycles. The second kappa shape index (κ2) is 11.9. The van der Waals surface area contributed by atoms with Gasteiger partial charge in [-0.1, -0.05) is 0 Å². The smallest absolute Gasteiger partial charge is 0.374 e. The molecule has 0 heterocycles. The van der Waals surface area contributed by atoms with Crippen LogP contribution in [0.15, 0.2) is 0 Å². The number of nitrogens with two attached hydrogens (primary N) is 1. The average Bonchev–Trinajstić information content (AvgIpc) is 2.46. The number of carbonyl (C=O) groups excluding carboxylic acids is 1. The molecule has 8 heteroatoms. The van der Waals surface area contributed by atoms with E-state index in [-0.39, 0.29) is 6.03 Å². The number of rotatable bonds is 12. The van der Waals surface area contributed by atoms with Crippen LogP contribution in [0.25, 0.3) is 0 Å². The second-order valence-corrected chi connectivity index (χ2v) is 7.15. The van der Waals surface area contributed by atoms with Gasteiger partial charge < -0.3 is 29.2 Å². The molecule has 126 valence electrons. The fourth-order valence-electron chi connectivity index (χ4n) is 2.12. The van der Waals surface area contributed by atoms with Gasteiger partial charge in [-0.25, -0.2) is 4.79 Å². The summed E-state index contributed by atoms with van der Waals surface area (Å²) in [7, 11) is -1.00. The number of amides is 2. The first-order valence-corrected chi connectivity index (χ1v) is 9.60. The normalized spacial score (nSPS) is 11.5. The minimum atomic E-state index is -2.62. The first kappa shape index (κ1) is 20.3. The van der Waals surface area contributed by atoms with E-state index in [0.717, 1.165) is 6.42 Å². The van der Waals surface area contributed by atoms with E-state index in [1.54, 1.807) is 11.9 Å². The van der Waals surface area contributed by atoms with Crippen molar-refractivity contribution in [2.75, 3.05) is 46.5 Å². The number of nitrogens with one attached hydrogen (secondary N) is 1. The van der Waals surface area contributed by atoms with E-state index < -0.39 is 8.80 Å². The fraction of sp³-hybridized carbons (Fsp3) is 0.923. The molecular formula is C13H31N3O4Si. The number of carbonyl (C=O) groups is 1. The minimum absolute atomic E-state index is 0.114. The fourth-order valence-corrected chi connectivity index (χ4v) is 4.71. The van der Waals surface area contributed by atoms with Crippen molar-refractivity contribution in [1.29, 1.82) is 0 Å². The highest BCUT2D eigenvalue weighted by atomic mass is 28.4. The lowest BCUT2D eigenvalue weighted by atomic mass is 10.4. The SMILES string of the molecule is CCO[Si](CCCN(CCN)C(=O)NC)(OCC)OCC. The summed E-state index contributed by atoms with van der Waals surface area (Å²) in [5.41, 5.74) is 5.54. The first-order chi connectivity index (χ1) is 10.1.